The number of benzene rings is 1. The molecule has 0 aliphatic rings. The number of hydrogen-bond donors (Lipinski definition) is 1. The molecule has 0 saturated carbocycles. The number of hydrogen-bond acceptors (Lipinski definition) is 5. The van der Waals surface area contributed by atoms with E-state index < -0.39 is 0 Å². The third kappa shape index (κ3) is 2.60. The molecule has 5 nitrogen and oxygen atoms in total. The van der Waals surface area contributed by atoms with Crippen molar-refractivity contribution in [1.82, 2.24) is 10.1 Å². The van der Waals surface area contributed by atoms with Crippen LogP contribution in [-0.4, -0.2) is 16.0 Å². The molecule has 0 saturated heterocycles. The Morgan fingerprint density at radius 1 is 1.30 bits per heavy atom. The highest BCUT2D eigenvalue weighted by atomic mass is 32.1. The van der Waals surface area contributed by atoms with Crippen molar-refractivity contribution in [1.29, 1.82) is 0 Å². The fourth-order valence-corrected chi connectivity index (χ4v) is 2.37. The molecule has 2 aromatic heterocycles. The minimum absolute atomic E-state index is 0.200. The number of thiazole rings is 1. The second-order valence-corrected chi connectivity index (χ2v) is 5.10. The van der Waals surface area contributed by atoms with E-state index in [0.29, 0.717) is 11.4 Å². The summed E-state index contributed by atoms with van der Waals surface area (Å²) in [5.74, 6) is -0.112. The second-order valence-electron chi connectivity index (χ2n) is 4.20. The summed E-state index contributed by atoms with van der Waals surface area (Å²) in [6.45, 7) is 1.77. The minimum Gasteiger partial charge on any atom is -0.351 e. The minimum atomic E-state index is -0.312. The summed E-state index contributed by atoms with van der Waals surface area (Å²) in [7, 11) is 0. The highest BCUT2D eigenvalue weighted by Gasteiger charge is 2.11. The average Bonchev–Trinajstić information content (AvgIpc) is 3.10. The first kappa shape index (κ1) is 12.6. The van der Waals surface area contributed by atoms with Gasteiger partial charge in [-0.15, -0.1) is 11.3 Å². The van der Waals surface area contributed by atoms with Crippen molar-refractivity contribution < 1.29 is 9.32 Å². The standard InChI is InChI=1S/C14H11N3O2S/c1-9-8-12(19-17-9)13(18)16-11-4-2-10(3-5-11)14-15-6-7-20-14/h2-8H,1H3,(H,16,18). The number of anilines is 1. The summed E-state index contributed by atoms with van der Waals surface area (Å²) in [6.07, 6.45) is 1.77. The summed E-state index contributed by atoms with van der Waals surface area (Å²) in [5, 5.41) is 9.32. The van der Waals surface area contributed by atoms with Gasteiger partial charge in [-0.1, -0.05) is 5.16 Å². The number of aromatic nitrogens is 2. The van der Waals surface area contributed by atoms with Crippen LogP contribution in [0.1, 0.15) is 16.2 Å². The van der Waals surface area contributed by atoms with Gasteiger partial charge in [0.05, 0.1) is 5.69 Å². The van der Waals surface area contributed by atoms with Crippen LogP contribution in [0.4, 0.5) is 5.69 Å². The van der Waals surface area contributed by atoms with Crippen molar-refractivity contribution in [2.45, 2.75) is 6.92 Å². The monoisotopic (exact) mass is 285 g/mol. The molecule has 3 aromatic rings. The zero-order chi connectivity index (χ0) is 13.9. The van der Waals surface area contributed by atoms with E-state index in [4.69, 9.17) is 4.52 Å². The molecule has 100 valence electrons. The van der Waals surface area contributed by atoms with E-state index in [0.717, 1.165) is 10.6 Å². The van der Waals surface area contributed by atoms with Crippen LogP contribution in [0, 0.1) is 6.92 Å². The van der Waals surface area contributed by atoms with E-state index in [1.54, 1.807) is 30.5 Å². The molecule has 0 atom stereocenters. The normalized spacial score (nSPS) is 10.4. The highest BCUT2D eigenvalue weighted by Crippen LogP contribution is 2.23. The number of carbonyl (C=O) groups is 1. The molecule has 20 heavy (non-hydrogen) atoms. The van der Waals surface area contributed by atoms with Crippen LogP contribution in [0.2, 0.25) is 0 Å². The number of carbonyl (C=O) groups excluding carboxylic acids is 1. The molecule has 6 heteroatoms. The van der Waals surface area contributed by atoms with Crippen molar-refractivity contribution >= 4 is 22.9 Å². The Morgan fingerprint density at radius 2 is 2.10 bits per heavy atom. The van der Waals surface area contributed by atoms with Gasteiger partial charge in [-0.2, -0.15) is 0 Å². The van der Waals surface area contributed by atoms with E-state index in [2.05, 4.69) is 15.5 Å². The maximum absolute atomic E-state index is 11.9. The Kier molecular flexibility index (Phi) is 3.30. The number of aryl methyl sites for hydroxylation is 1. The zero-order valence-corrected chi connectivity index (χ0v) is 11.5. The predicted molar refractivity (Wildman–Crippen MR) is 76.7 cm³/mol. The molecule has 0 aliphatic carbocycles. The summed E-state index contributed by atoms with van der Waals surface area (Å²) < 4.78 is 4.91. The SMILES string of the molecule is Cc1cc(C(=O)Nc2ccc(-c3nccs3)cc2)on1. The van der Waals surface area contributed by atoms with Crippen molar-refractivity contribution in [2.24, 2.45) is 0 Å². The van der Waals surface area contributed by atoms with Gasteiger partial charge in [-0.05, 0) is 31.2 Å². The molecule has 1 amide bonds. The molecule has 0 aliphatic heterocycles. The largest absolute Gasteiger partial charge is 0.351 e. The van der Waals surface area contributed by atoms with Gasteiger partial charge in [-0.3, -0.25) is 4.79 Å². The van der Waals surface area contributed by atoms with Gasteiger partial charge in [-0.25, -0.2) is 4.98 Å². The van der Waals surface area contributed by atoms with Crippen LogP contribution in [-0.2, 0) is 0 Å². The van der Waals surface area contributed by atoms with Crippen LogP contribution in [0.5, 0.6) is 0 Å². The summed E-state index contributed by atoms with van der Waals surface area (Å²) in [4.78, 5) is 16.1. The molecule has 3 rings (SSSR count). The lowest BCUT2D eigenvalue weighted by molar-refractivity contribution is 0.0988. The molecule has 0 spiro atoms. The number of amides is 1. The van der Waals surface area contributed by atoms with Crippen LogP contribution in [0.25, 0.3) is 10.6 Å². The average molecular weight is 285 g/mol. The lowest BCUT2D eigenvalue weighted by atomic mass is 10.2. The van der Waals surface area contributed by atoms with Gasteiger partial charge in [0.25, 0.3) is 5.91 Å². The Balaban J connectivity index is 1.74. The lowest BCUT2D eigenvalue weighted by Crippen LogP contribution is -2.10. The van der Waals surface area contributed by atoms with Gasteiger partial charge in [0.1, 0.15) is 5.01 Å². The molecule has 0 unspecified atom stereocenters. The Morgan fingerprint density at radius 3 is 2.70 bits per heavy atom. The fraction of sp³-hybridized carbons (Fsp3) is 0.0714. The van der Waals surface area contributed by atoms with E-state index in [1.807, 2.05) is 29.6 Å². The van der Waals surface area contributed by atoms with Gasteiger partial charge in [0.15, 0.2) is 0 Å². The van der Waals surface area contributed by atoms with Crippen LogP contribution in [0.3, 0.4) is 0 Å². The molecule has 0 radical (unpaired) electrons. The number of nitrogens with zero attached hydrogens (tertiary/aromatic N) is 2. The quantitative estimate of drug-likeness (QED) is 0.801. The highest BCUT2D eigenvalue weighted by molar-refractivity contribution is 7.13. The molecule has 0 bridgehead atoms. The van der Waals surface area contributed by atoms with E-state index in [9.17, 15) is 4.79 Å². The molecular formula is C14H11N3O2S. The number of nitrogens with one attached hydrogen (secondary N) is 1. The van der Waals surface area contributed by atoms with E-state index in [1.165, 1.54) is 0 Å². The smallest absolute Gasteiger partial charge is 0.294 e. The summed E-state index contributed by atoms with van der Waals surface area (Å²) in [5.41, 5.74) is 2.40. The third-order valence-electron chi connectivity index (χ3n) is 2.67. The first-order valence-corrected chi connectivity index (χ1v) is 6.85. The fourth-order valence-electron chi connectivity index (χ4n) is 1.73. The van der Waals surface area contributed by atoms with Gasteiger partial charge in [0, 0.05) is 28.9 Å². The third-order valence-corrected chi connectivity index (χ3v) is 3.50. The Labute approximate surface area is 119 Å². The van der Waals surface area contributed by atoms with Crippen LogP contribution in [0.15, 0.2) is 46.4 Å². The van der Waals surface area contributed by atoms with Crippen molar-refractivity contribution in [3.8, 4) is 10.6 Å². The first-order chi connectivity index (χ1) is 9.72. The first-order valence-electron chi connectivity index (χ1n) is 5.97. The molecule has 2 heterocycles. The maximum atomic E-state index is 11.9. The molecule has 1 N–H and O–H groups in total. The van der Waals surface area contributed by atoms with Gasteiger partial charge in [0.2, 0.25) is 5.76 Å². The van der Waals surface area contributed by atoms with E-state index in [-0.39, 0.29) is 11.7 Å². The predicted octanol–water partition coefficient (Wildman–Crippen LogP) is 3.36. The van der Waals surface area contributed by atoms with Crippen molar-refractivity contribution in [2.75, 3.05) is 5.32 Å². The summed E-state index contributed by atoms with van der Waals surface area (Å²) in [6, 6.07) is 9.09. The van der Waals surface area contributed by atoms with Gasteiger partial charge >= 0.3 is 0 Å². The molecular weight excluding hydrogens is 274 g/mol. The lowest BCUT2D eigenvalue weighted by Gasteiger charge is -2.03. The Bertz CT molecular complexity index is 717. The van der Waals surface area contributed by atoms with Gasteiger partial charge < -0.3 is 9.84 Å². The Hall–Kier alpha value is -2.47. The maximum Gasteiger partial charge on any atom is 0.294 e. The number of rotatable bonds is 3. The van der Waals surface area contributed by atoms with Crippen molar-refractivity contribution in [3.63, 3.8) is 0 Å². The molecule has 1 aromatic carbocycles. The van der Waals surface area contributed by atoms with Crippen LogP contribution < -0.4 is 5.32 Å². The summed E-state index contributed by atoms with van der Waals surface area (Å²) >= 11 is 1.57. The van der Waals surface area contributed by atoms with Crippen LogP contribution >= 0.6 is 11.3 Å². The van der Waals surface area contributed by atoms with Crippen molar-refractivity contribution in [3.05, 3.63) is 53.4 Å². The second kappa shape index (κ2) is 5.26. The topological polar surface area (TPSA) is 68.0 Å². The zero-order valence-electron chi connectivity index (χ0n) is 10.7. The van der Waals surface area contributed by atoms with E-state index >= 15 is 0 Å². The molecule has 0 fully saturated rings.